The molecule has 25 heavy (non-hydrogen) atoms. The predicted octanol–water partition coefficient (Wildman–Crippen LogP) is 3.78. The number of carbonyl (C=O) groups excluding carboxylic acids is 1. The van der Waals surface area contributed by atoms with Crippen LogP contribution in [0, 0.1) is 0 Å². The van der Waals surface area contributed by atoms with Gasteiger partial charge in [-0.25, -0.2) is 18.4 Å². The molecule has 0 fully saturated rings. The molecule has 0 spiro atoms. The first-order chi connectivity index (χ1) is 12.0. The third-order valence-corrected chi connectivity index (χ3v) is 3.04. The molecular weight excluding hydrogens is 336 g/mol. The Balaban J connectivity index is 2.07. The van der Waals surface area contributed by atoms with E-state index in [2.05, 4.69) is 5.32 Å². The zero-order valence-electron chi connectivity index (χ0n) is 12.9. The lowest BCUT2D eigenvalue weighted by Crippen LogP contribution is -2.16. The minimum absolute atomic E-state index is 0.00147. The van der Waals surface area contributed by atoms with Crippen molar-refractivity contribution < 1.29 is 33.0 Å². The average molecular weight is 351 g/mol. The SMILES string of the molecule is O=C(Nc1cc(C(=O)O)ccc1OCC(F)F)OCc1ccccc1. The van der Waals surface area contributed by atoms with Crippen molar-refractivity contribution >= 4 is 17.7 Å². The molecule has 0 bridgehead atoms. The zero-order valence-corrected chi connectivity index (χ0v) is 12.9. The smallest absolute Gasteiger partial charge is 0.412 e. The molecule has 0 aliphatic carbocycles. The summed E-state index contributed by atoms with van der Waals surface area (Å²) < 4.78 is 34.5. The molecule has 2 N–H and O–H groups in total. The number of ether oxygens (including phenoxy) is 2. The molecule has 2 rings (SSSR count). The summed E-state index contributed by atoms with van der Waals surface area (Å²) in [6.45, 7) is -0.890. The van der Waals surface area contributed by atoms with E-state index < -0.39 is 25.1 Å². The van der Waals surface area contributed by atoms with E-state index in [9.17, 15) is 18.4 Å². The molecule has 6 nitrogen and oxygen atoms in total. The molecule has 0 aromatic heterocycles. The Morgan fingerprint density at radius 1 is 1.12 bits per heavy atom. The van der Waals surface area contributed by atoms with Crippen LogP contribution in [0.5, 0.6) is 5.75 Å². The highest BCUT2D eigenvalue weighted by molar-refractivity contribution is 5.93. The van der Waals surface area contributed by atoms with Crippen LogP contribution in [-0.4, -0.2) is 30.2 Å². The van der Waals surface area contributed by atoms with Crippen LogP contribution in [0.15, 0.2) is 48.5 Å². The van der Waals surface area contributed by atoms with Crippen LogP contribution >= 0.6 is 0 Å². The molecule has 0 heterocycles. The van der Waals surface area contributed by atoms with Crippen LogP contribution in [0.1, 0.15) is 15.9 Å². The van der Waals surface area contributed by atoms with E-state index in [1.165, 1.54) is 12.1 Å². The van der Waals surface area contributed by atoms with E-state index >= 15 is 0 Å². The van der Waals surface area contributed by atoms with Gasteiger partial charge in [-0.1, -0.05) is 30.3 Å². The number of alkyl halides is 2. The summed E-state index contributed by atoms with van der Waals surface area (Å²) in [5.41, 5.74) is 0.549. The van der Waals surface area contributed by atoms with E-state index in [-0.39, 0.29) is 23.6 Å². The molecule has 0 radical (unpaired) electrons. The summed E-state index contributed by atoms with van der Waals surface area (Å²) in [4.78, 5) is 22.9. The van der Waals surface area contributed by atoms with E-state index in [0.717, 1.165) is 11.6 Å². The molecule has 2 aromatic rings. The van der Waals surface area contributed by atoms with Gasteiger partial charge in [-0.05, 0) is 23.8 Å². The van der Waals surface area contributed by atoms with Gasteiger partial charge in [0, 0.05) is 0 Å². The van der Waals surface area contributed by atoms with Crippen molar-refractivity contribution in [1.82, 2.24) is 0 Å². The highest BCUT2D eigenvalue weighted by Crippen LogP contribution is 2.26. The number of carboxylic acid groups (broad SMARTS) is 1. The quantitative estimate of drug-likeness (QED) is 0.793. The number of carboxylic acids is 1. The van der Waals surface area contributed by atoms with Crippen LogP contribution in [0.2, 0.25) is 0 Å². The van der Waals surface area contributed by atoms with Gasteiger partial charge < -0.3 is 14.6 Å². The number of amides is 1. The minimum Gasteiger partial charge on any atom is -0.485 e. The average Bonchev–Trinajstić information content (AvgIpc) is 2.59. The molecule has 2 aromatic carbocycles. The van der Waals surface area contributed by atoms with Gasteiger partial charge in [0.15, 0.2) is 0 Å². The zero-order chi connectivity index (χ0) is 18.2. The Kier molecular flexibility index (Phi) is 6.27. The maximum Gasteiger partial charge on any atom is 0.412 e. The van der Waals surface area contributed by atoms with Gasteiger partial charge in [0.05, 0.1) is 11.3 Å². The van der Waals surface area contributed by atoms with Crippen LogP contribution in [0.4, 0.5) is 19.3 Å². The van der Waals surface area contributed by atoms with Crippen molar-refractivity contribution in [2.45, 2.75) is 13.0 Å². The van der Waals surface area contributed by atoms with Gasteiger partial charge in [0.2, 0.25) is 0 Å². The van der Waals surface area contributed by atoms with Crippen LogP contribution in [0.3, 0.4) is 0 Å². The number of anilines is 1. The fourth-order valence-electron chi connectivity index (χ4n) is 1.91. The normalized spacial score (nSPS) is 10.4. The minimum atomic E-state index is -2.71. The van der Waals surface area contributed by atoms with E-state index in [0.29, 0.717) is 0 Å². The molecule has 0 atom stereocenters. The standard InChI is InChI=1S/C17H15F2NO5/c18-15(19)10-24-14-7-6-12(16(21)22)8-13(14)20-17(23)25-9-11-4-2-1-3-5-11/h1-8,15H,9-10H2,(H,20,23)(H,21,22). The van der Waals surface area contributed by atoms with Crippen molar-refractivity contribution in [1.29, 1.82) is 0 Å². The van der Waals surface area contributed by atoms with Crippen molar-refractivity contribution in [3.63, 3.8) is 0 Å². The number of carbonyl (C=O) groups is 2. The van der Waals surface area contributed by atoms with Gasteiger partial charge in [-0.3, -0.25) is 5.32 Å². The fraction of sp³-hybridized carbons (Fsp3) is 0.176. The lowest BCUT2D eigenvalue weighted by Gasteiger charge is -2.13. The molecule has 0 unspecified atom stereocenters. The number of aromatic carboxylic acids is 1. The summed E-state index contributed by atoms with van der Waals surface area (Å²) in [6, 6.07) is 12.4. The van der Waals surface area contributed by atoms with Gasteiger partial charge in [0.25, 0.3) is 6.43 Å². The second-order valence-corrected chi connectivity index (χ2v) is 4.90. The van der Waals surface area contributed by atoms with Crippen molar-refractivity contribution in [2.75, 3.05) is 11.9 Å². The Bertz CT molecular complexity index is 737. The Hall–Kier alpha value is -3.16. The molecule has 0 aliphatic rings. The third kappa shape index (κ3) is 5.76. The molecule has 1 amide bonds. The van der Waals surface area contributed by atoms with Crippen LogP contribution < -0.4 is 10.1 Å². The molecule has 0 aliphatic heterocycles. The highest BCUT2D eigenvalue weighted by atomic mass is 19.3. The second kappa shape index (κ2) is 8.62. The van der Waals surface area contributed by atoms with Crippen molar-refractivity contribution in [2.24, 2.45) is 0 Å². The molecule has 0 saturated heterocycles. The summed E-state index contributed by atoms with van der Waals surface area (Å²) >= 11 is 0. The number of rotatable bonds is 7. The number of nitrogens with one attached hydrogen (secondary N) is 1. The summed E-state index contributed by atoms with van der Waals surface area (Å²) in [5, 5.41) is 11.3. The third-order valence-electron chi connectivity index (χ3n) is 3.04. The maximum atomic E-state index is 12.3. The molecular formula is C17H15F2NO5. The number of hydrogen-bond donors (Lipinski definition) is 2. The second-order valence-electron chi connectivity index (χ2n) is 4.90. The monoisotopic (exact) mass is 351 g/mol. The molecule has 0 saturated carbocycles. The number of benzene rings is 2. The summed E-state index contributed by atoms with van der Waals surface area (Å²) in [6.07, 6.45) is -3.58. The van der Waals surface area contributed by atoms with E-state index in [4.69, 9.17) is 14.6 Å². The first-order valence-electron chi connectivity index (χ1n) is 7.21. The predicted molar refractivity (Wildman–Crippen MR) is 85.2 cm³/mol. The van der Waals surface area contributed by atoms with E-state index in [1.807, 2.05) is 6.07 Å². The highest BCUT2D eigenvalue weighted by Gasteiger charge is 2.14. The van der Waals surface area contributed by atoms with Crippen molar-refractivity contribution in [3.05, 3.63) is 59.7 Å². The van der Waals surface area contributed by atoms with Crippen molar-refractivity contribution in [3.8, 4) is 5.75 Å². The summed E-state index contributed by atoms with van der Waals surface area (Å²) in [5.74, 6) is -1.32. The van der Waals surface area contributed by atoms with Crippen LogP contribution in [0.25, 0.3) is 0 Å². The van der Waals surface area contributed by atoms with Gasteiger partial charge in [-0.15, -0.1) is 0 Å². The molecule has 132 valence electrons. The van der Waals surface area contributed by atoms with Gasteiger partial charge in [0.1, 0.15) is 19.0 Å². The summed E-state index contributed by atoms with van der Waals surface area (Å²) in [7, 11) is 0. The van der Waals surface area contributed by atoms with Crippen LogP contribution in [-0.2, 0) is 11.3 Å². The first-order valence-corrected chi connectivity index (χ1v) is 7.21. The van der Waals surface area contributed by atoms with Gasteiger partial charge >= 0.3 is 12.1 Å². The largest absolute Gasteiger partial charge is 0.485 e. The lowest BCUT2D eigenvalue weighted by molar-refractivity contribution is 0.0695. The number of hydrogen-bond acceptors (Lipinski definition) is 4. The van der Waals surface area contributed by atoms with Gasteiger partial charge in [-0.2, -0.15) is 0 Å². The fourth-order valence-corrected chi connectivity index (χ4v) is 1.91. The molecule has 8 heteroatoms. The number of halogens is 2. The lowest BCUT2D eigenvalue weighted by atomic mass is 10.2. The van der Waals surface area contributed by atoms with E-state index in [1.54, 1.807) is 24.3 Å². The Morgan fingerprint density at radius 3 is 2.48 bits per heavy atom. The Labute approximate surface area is 142 Å². The topological polar surface area (TPSA) is 84.9 Å². The Morgan fingerprint density at radius 2 is 1.84 bits per heavy atom. The first kappa shape index (κ1) is 18.2. The maximum absolute atomic E-state index is 12.3.